The molecule has 0 aliphatic heterocycles. The number of para-hydroxylation sites is 1. The number of nitrogens with one attached hydrogen (secondary N) is 1. The molecule has 0 saturated heterocycles. The van der Waals surface area contributed by atoms with E-state index in [-0.39, 0.29) is 5.41 Å². The second kappa shape index (κ2) is 4.43. The van der Waals surface area contributed by atoms with Gasteiger partial charge in [-0.3, -0.25) is 0 Å². The Labute approximate surface area is 108 Å². The molecule has 2 heteroatoms. The van der Waals surface area contributed by atoms with Crippen molar-refractivity contribution in [3.05, 3.63) is 35.5 Å². The zero-order valence-electron chi connectivity index (χ0n) is 11.0. The molecule has 0 saturated carbocycles. The highest BCUT2D eigenvalue weighted by Gasteiger charge is 2.33. The minimum atomic E-state index is 0.218. The van der Waals surface area contributed by atoms with Crippen LogP contribution >= 0.6 is 0 Å². The predicted molar refractivity (Wildman–Crippen MR) is 74.9 cm³/mol. The molecule has 96 valence electrons. The molecule has 1 atom stereocenters. The van der Waals surface area contributed by atoms with Crippen molar-refractivity contribution in [2.24, 2.45) is 0 Å². The first kappa shape index (κ1) is 11.8. The molecule has 1 aromatic carbocycles. The third-order valence-electron chi connectivity index (χ3n) is 4.46. The van der Waals surface area contributed by atoms with Crippen molar-refractivity contribution >= 4 is 10.9 Å². The van der Waals surface area contributed by atoms with E-state index in [4.69, 9.17) is 5.11 Å². The van der Waals surface area contributed by atoms with E-state index in [1.165, 1.54) is 41.4 Å². The highest BCUT2D eigenvalue weighted by atomic mass is 16.2. The van der Waals surface area contributed by atoms with E-state index >= 15 is 0 Å². The van der Waals surface area contributed by atoms with Crippen molar-refractivity contribution in [2.45, 2.75) is 44.4 Å². The lowest BCUT2D eigenvalue weighted by Gasteiger charge is -2.34. The standard InChI is InChI=1S/C16H21NO/c1-16(10-5-11-18)9-4-7-13-12-6-2-3-8-14(12)17-15(13)16/h2-3,6,8,17-18H,4-5,7,9-11H2,1H3. The molecule has 3 rings (SSSR count). The van der Waals surface area contributed by atoms with Crippen LogP contribution in [0.25, 0.3) is 10.9 Å². The molecule has 1 aromatic heterocycles. The number of fused-ring (bicyclic) bond motifs is 3. The van der Waals surface area contributed by atoms with Gasteiger partial charge in [-0.05, 0) is 43.7 Å². The van der Waals surface area contributed by atoms with Crippen LogP contribution in [0.4, 0.5) is 0 Å². The molecular formula is C16H21NO. The number of aromatic amines is 1. The number of hydrogen-bond donors (Lipinski definition) is 2. The second-order valence-corrected chi connectivity index (χ2v) is 5.77. The van der Waals surface area contributed by atoms with Gasteiger partial charge in [0.15, 0.2) is 0 Å². The van der Waals surface area contributed by atoms with Gasteiger partial charge in [-0.25, -0.2) is 0 Å². The van der Waals surface area contributed by atoms with Crippen LogP contribution in [0.5, 0.6) is 0 Å². The monoisotopic (exact) mass is 243 g/mol. The topological polar surface area (TPSA) is 36.0 Å². The molecule has 1 unspecified atom stereocenters. The number of rotatable bonds is 3. The Morgan fingerprint density at radius 3 is 3.00 bits per heavy atom. The summed E-state index contributed by atoms with van der Waals surface area (Å²) in [7, 11) is 0. The summed E-state index contributed by atoms with van der Waals surface area (Å²) in [5, 5.41) is 10.5. The molecule has 1 aliphatic rings. The maximum atomic E-state index is 9.09. The number of aliphatic hydroxyl groups excluding tert-OH is 1. The van der Waals surface area contributed by atoms with Gasteiger partial charge in [-0.1, -0.05) is 25.1 Å². The van der Waals surface area contributed by atoms with E-state index in [2.05, 4.69) is 36.2 Å². The molecule has 0 spiro atoms. The van der Waals surface area contributed by atoms with Gasteiger partial charge < -0.3 is 10.1 Å². The number of aryl methyl sites for hydroxylation is 1. The lowest BCUT2D eigenvalue weighted by Crippen LogP contribution is -2.27. The van der Waals surface area contributed by atoms with E-state index in [9.17, 15) is 0 Å². The molecule has 0 amide bonds. The van der Waals surface area contributed by atoms with Gasteiger partial charge in [-0.15, -0.1) is 0 Å². The van der Waals surface area contributed by atoms with Gasteiger partial charge in [0.05, 0.1) is 0 Å². The molecule has 2 aromatic rings. The number of aromatic nitrogens is 1. The molecule has 2 nitrogen and oxygen atoms in total. The van der Waals surface area contributed by atoms with E-state index in [1.54, 1.807) is 0 Å². The van der Waals surface area contributed by atoms with Crippen molar-refractivity contribution in [2.75, 3.05) is 6.61 Å². The largest absolute Gasteiger partial charge is 0.396 e. The molecule has 0 radical (unpaired) electrons. The SMILES string of the molecule is CC1(CCCO)CCCc2c1[nH]c1ccccc21. The summed E-state index contributed by atoms with van der Waals surface area (Å²) in [6.07, 6.45) is 5.65. The normalized spacial score (nSPS) is 23.2. The summed E-state index contributed by atoms with van der Waals surface area (Å²) in [5.74, 6) is 0. The fourth-order valence-electron chi connectivity index (χ4n) is 3.47. The molecule has 1 aliphatic carbocycles. The van der Waals surface area contributed by atoms with Crippen LogP contribution in [0.2, 0.25) is 0 Å². The Hall–Kier alpha value is -1.28. The molecule has 18 heavy (non-hydrogen) atoms. The number of benzene rings is 1. The highest BCUT2D eigenvalue weighted by molar-refractivity contribution is 5.85. The number of H-pyrrole nitrogens is 1. The van der Waals surface area contributed by atoms with Crippen molar-refractivity contribution in [1.29, 1.82) is 0 Å². The minimum Gasteiger partial charge on any atom is -0.396 e. The number of hydrogen-bond acceptors (Lipinski definition) is 1. The number of aliphatic hydroxyl groups is 1. The summed E-state index contributed by atoms with van der Waals surface area (Å²) >= 11 is 0. The van der Waals surface area contributed by atoms with Crippen LogP contribution < -0.4 is 0 Å². The quantitative estimate of drug-likeness (QED) is 0.850. The highest BCUT2D eigenvalue weighted by Crippen LogP contribution is 2.42. The van der Waals surface area contributed by atoms with Gasteiger partial charge in [0.25, 0.3) is 0 Å². The Kier molecular flexibility index (Phi) is 2.90. The van der Waals surface area contributed by atoms with E-state index in [1.807, 2.05) is 0 Å². The summed E-state index contributed by atoms with van der Waals surface area (Å²) < 4.78 is 0. The van der Waals surface area contributed by atoms with Crippen LogP contribution in [0.15, 0.2) is 24.3 Å². The average molecular weight is 243 g/mol. The van der Waals surface area contributed by atoms with Crippen LogP contribution in [-0.2, 0) is 11.8 Å². The first-order valence-electron chi connectivity index (χ1n) is 6.95. The molecule has 1 heterocycles. The Balaban J connectivity index is 2.10. The van der Waals surface area contributed by atoms with Crippen LogP contribution in [0.3, 0.4) is 0 Å². The zero-order chi connectivity index (χ0) is 12.6. The van der Waals surface area contributed by atoms with Gasteiger partial charge in [0.1, 0.15) is 0 Å². The summed E-state index contributed by atoms with van der Waals surface area (Å²) in [6, 6.07) is 8.61. The minimum absolute atomic E-state index is 0.218. The first-order valence-corrected chi connectivity index (χ1v) is 6.95. The van der Waals surface area contributed by atoms with Crippen LogP contribution in [0.1, 0.15) is 43.9 Å². The zero-order valence-corrected chi connectivity index (χ0v) is 11.0. The van der Waals surface area contributed by atoms with Crippen molar-refractivity contribution in [1.82, 2.24) is 4.98 Å². The van der Waals surface area contributed by atoms with E-state index in [0.717, 1.165) is 12.8 Å². The Bertz CT molecular complexity index is 557. The van der Waals surface area contributed by atoms with Crippen molar-refractivity contribution in [3.8, 4) is 0 Å². The van der Waals surface area contributed by atoms with Crippen LogP contribution in [-0.4, -0.2) is 16.7 Å². The molecular weight excluding hydrogens is 222 g/mol. The van der Waals surface area contributed by atoms with E-state index in [0.29, 0.717) is 6.61 Å². The van der Waals surface area contributed by atoms with Crippen LogP contribution in [0, 0.1) is 0 Å². The van der Waals surface area contributed by atoms with Gasteiger partial charge in [0, 0.05) is 28.6 Å². The first-order chi connectivity index (χ1) is 8.74. The smallest absolute Gasteiger partial charge is 0.0459 e. The average Bonchev–Trinajstić information content (AvgIpc) is 2.77. The van der Waals surface area contributed by atoms with Gasteiger partial charge in [0.2, 0.25) is 0 Å². The summed E-state index contributed by atoms with van der Waals surface area (Å²) in [6.45, 7) is 2.64. The van der Waals surface area contributed by atoms with Gasteiger partial charge >= 0.3 is 0 Å². The lowest BCUT2D eigenvalue weighted by atomic mass is 9.72. The molecule has 0 bridgehead atoms. The Morgan fingerprint density at radius 1 is 1.33 bits per heavy atom. The fraction of sp³-hybridized carbons (Fsp3) is 0.500. The third-order valence-corrected chi connectivity index (χ3v) is 4.46. The maximum absolute atomic E-state index is 9.09. The fourth-order valence-corrected chi connectivity index (χ4v) is 3.47. The predicted octanol–water partition coefficient (Wildman–Crippen LogP) is 3.53. The third kappa shape index (κ3) is 1.76. The van der Waals surface area contributed by atoms with E-state index < -0.39 is 0 Å². The van der Waals surface area contributed by atoms with Crippen molar-refractivity contribution in [3.63, 3.8) is 0 Å². The van der Waals surface area contributed by atoms with Gasteiger partial charge in [-0.2, -0.15) is 0 Å². The maximum Gasteiger partial charge on any atom is 0.0459 e. The summed E-state index contributed by atoms with van der Waals surface area (Å²) in [4.78, 5) is 3.63. The lowest BCUT2D eigenvalue weighted by molar-refractivity contribution is 0.253. The van der Waals surface area contributed by atoms with Crippen molar-refractivity contribution < 1.29 is 5.11 Å². The summed E-state index contributed by atoms with van der Waals surface area (Å²) in [5.41, 5.74) is 4.41. The molecule has 2 N–H and O–H groups in total. The molecule has 0 fully saturated rings. The Morgan fingerprint density at radius 2 is 2.17 bits per heavy atom. The second-order valence-electron chi connectivity index (χ2n) is 5.77.